The second-order valence-electron chi connectivity index (χ2n) is 3.84. The second-order valence-corrected chi connectivity index (χ2v) is 3.84. The molecule has 0 saturated heterocycles. The van der Waals surface area contributed by atoms with Crippen LogP contribution in [0.3, 0.4) is 0 Å². The number of nitrogens with one attached hydrogen (secondary N) is 1. The first kappa shape index (κ1) is 9.21. The molecule has 2 rings (SSSR count). The molecule has 14 heavy (non-hydrogen) atoms. The number of nitrogen functional groups attached to an aromatic ring is 1. The topological polar surface area (TPSA) is 84.1 Å². The molecule has 0 radical (unpaired) electrons. The molecule has 0 atom stereocenters. The van der Waals surface area contributed by atoms with Crippen LogP contribution in [0.4, 0.5) is 11.5 Å². The van der Waals surface area contributed by atoms with E-state index < -0.39 is 0 Å². The van der Waals surface area contributed by atoms with E-state index in [0.29, 0.717) is 11.5 Å². The van der Waals surface area contributed by atoms with Crippen LogP contribution >= 0.6 is 0 Å². The van der Waals surface area contributed by atoms with Crippen LogP contribution in [0.2, 0.25) is 0 Å². The molecule has 0 bridgehead atoms. The lowest BCUT2D eigenvalue weighted by atomic mass is 10.1. The summed E-state index contributed by atoms with van der Waals surface area (Å²) < 4.78 is 0. The summed E-state index contributed by atoms with van der Waals surface area (Å²) in [6, 6.07) is 0. The van der Waals surface area contributed by atoms with Gasteiger partial charge in [0.25, 0.3) is 0 Å². The molecule has 0 aromatic carbocycles. The smallest absolute Gasteiger partial charge is 0.152 e. The van der Waals surface area contributed by atoms with Crippen molar-refractivity contribution in [3.05, 3.63) is 12.5 Å². The quantitative estimate of drug-likeness (QED) is 0.639. The maximum absolute atomic E-state index is 9.10. The van der Waals surface area contributed by atoms with E-state index >= 15 is 0 Å². The molecule has 0 aliphatic heterocycles. The van der Waals surface area contributed by atoms with Gasteiger partial charge in [0.15, 0.2) is 5.82 Å². The Morgan fingerprint density at radius 2 is 2.36 bits per heavy atom. The third kappa shape index (κ3) is 1.77. The summed E-state index contributed by atoms with van der Waals surface area (Å²) in [5, 5.41) is 12.2. The van der Waals surface area contributed by atoms with Crippen LogP contribution < -0.4 is 11.1 Å². The number of hydrogen-bond donors (Lipinski definition) is 3. The van der Waals surface area contributed by atoms with Crippen molar-refractivity contribution < 1.29 is 5.11 Å². The third-order valence-electron chi connectivity index (χ3n) is 2.66. The first-order chi connectivity index (χ1) is 6.76. The number of aliphatic hydroxyl groups excluding tert-OH is 1. The molecule has 4 N–H and O–H groups in total. The summed E-state index contributed by atoms with van der Waals surface area (Å²) in [4.78, 5) is 7.81. The zero-order valence-electron chi connectivity index (χ0n) is 7.90. The van der Waals surface area contributed by atoms with Crippen molar-refractivity contribution in [2.75, 3.05) is 24.2 Å². The zero-order valence-corrected chi connectivity index (χ0v) is 7.90. The second kappa shape index (κ2) is 3.42. The Morgan fingerprint density at radius 1 is 1.57 bits per heavy atom. The van der Waals surface area contributed by atoms with Crippen molar-refractivity contribution in [3.63, 3.8) is 0 Å². The van der Waals surface area contributed by atoms with Gasteiger partial charge < -0.3 is 16.2 Å². The van der Waals surface area contributed by atoms with Crippen LogP contribution in [-0.4, -0.2) is 28.2 Å². The number of hydrogen-bond acceptors (Lipinski definition) is 5. The average molecular weight is 194 g/mol. The molecule has 5 heteroatoms. The van der Waals surface area contributed by atoms with Gasteiger partial charge in [-0.2, -0.15) is 0 Å². The van der Waals surface area contributed by atoms with Gasteiger partial charge in [0.05, 0.1) is 18.5 Å². The SMILES string of the molecule is Nc1cncnc1NCC1(CO)CC1. The fourth-order valence-electron chi connectivity index (χ4n) is 1.33. The molecule has 1 aromatic rings. The van der Waals surface area contributed by atoms with E-state index in [1.807, 2.05) is 0 Å². The van der Waals surface area contributed by atoms with Gasteiger partial charge in [0.2, 0.25) is 0 Å². The van der Waals surface area contributed by atoms with Crippen molar-refractivity contribution in [1.82, 2.24) is 9.97 Å². The summed E-state index contributed by atoms with van der Waals surface area (Å²) in [6.07, 6.45) is 5.16. The molecule has 1 fully saturated rings. The number of aliphatic hydroxyl groups is 1. The number of anilines is 2. The molecular formula is C9H14N4O. The maximum Gasteiger partial charge on any atom is 0.152 e. The summed E-state index contributed by atoms with van der Waals surface area (Å²) in [6.45, 7) is 0.954. The lowest BCUT2D eigenvalue weighted by Crippen LogP contribution is -2.20. The molecule has 0 amide bonds. The highest BCUT2D eigenvalue weighted by Gasteiger charge is 2.41. The first-order valence-electron chi connectivity index (χ1n) is 4.66. The number of rotatable bonds is 4. The van der Waals surface area contributed by atoms with Crippen molar-refractivity contribution in [2.24, 2.45) is 5.41 Å². The summed E-state index contributed by atoms with van der Waals surface area (Å²) in [7, 11) is 0. The van der Waals surface area contributed by atoms with E-state index in [0.717, 1.165) is 19.4 Å². The van der Waals surface area contributed by atoms with Gasteiger partial charge in [0, 0.05) is 12.0 Å². The molecule has 5 nitrogen and oxygen atoms in total. The van der Waals surface area contributed by atoms with Crippen LogP contribution in [0.15, 0.2) is 12.5 Å². The average Bonchev–Trinajstić information content (AvgIpc) is 2.98. The highest BCUT2D eigenvalue weighted by atomic mass is 16.3. The zero-order chi connectivity index (χ0) is 10.0. The van der Waals surface area contributed by atoms with Gasteiger partial charge in [-0.1, -0.05) is 0 Å². The highest BCUT2D eigenvalue weighted by molar-refractivity contribution is 5.59. The largest absolute Gasteiger partial charge is 0.396 e. The molecule has 1 aromatic heterocycles. The number of nitrogens with two attached hydrogens (primary N) is 1. The summed E-state index contributed by atoms with van der Waals surface area (Å²) in [5.74, 6) is 0.653. The standard InChI is InChI=1S/C9H14N4O/c10-7-3-11-6-13-8(7)12-4-9(5-14)1-2-9/h3,6,14H,1-2,4-5,10H2,(H,11,12,13). The van der Waals surface area contributed by atoms with Crippen molar-refractivity contribution in [1.29, 1.82) is 0 Å². The van der Waals surface area contributed by atoms with Gasteiger partial charge >= 0.3 is 0 Å². The van der Waals surface area contributed by atoms with Crippen LogP contribution in [-0.2, 0) is 0 Å². The normalized spacial score (nSPS) is 17.8. The minimum absolute atomic E-state index is 0.0669. The fourth-order valence-corrected chi connectivity index (χ4v) is 1.33. The minimum atomic E-state index is 0.0669. The molecular weight excluding hydrogens is 180 g/mol. The van der Waals surface area contributed by atoms with Crippen molar-refractivity contribution in [3.8, 4) is 0 Å². The Kier molecular flexibility index (Phi) is 2.25. The van der Waals surface area contributed by atoms with E-state index in [-0.39, 0.29) is 12.0 Å². The van der Waals surface area contributed by atoms with E-state index in [1.165, 1.54) is 6.33 Å². The highest BCUT2D eigenvalue weighted by Crippen LogP contribution is 2.44. The number of aromatic nitrogens is 2. The molecule has 1 aliphatic rings. The van der Waals surface area contributed by atoms with Gasteiger partial charge in [-0.25, -0.2) is 9.97 Å². The van der Waals surface area contributed by atoms with Crippen LogP contribution in [0.5, 0.6) is 0 Å². The monoisotopic (exact) mass is 194 g/mol. The molecule has 1 heterocycles. The predicted octanol–water partition coefficient (Wildman–Crippen LogP) is 0.243. The Balaban J connectivity index is 1.95. The van der Waals surface area contributed by atoms with Crippen molar-refractivity contribution in [2.45, 2.75) is 12.8 Å². The Bertz CT molecular complexity index is 324. The lowest BCUT2D eigenvalue weighted by Gasteiger charge is -2.13. The maximum atomic E-state index is 9.10. The van der Waals surface area contributed by atoms with Crippen LogP contribution in [0, 0.1) is 5.41 Å². The van der Waals surface area contributed by atoms with Crippen LogP contribution in [0.1, 0.15) is 12.8 Å². The van der Waals surface area contributed by atoms with E-state index in [1.54, 1.807) is 6.20 Å². The first-order valence-corrected chi connectivity index (χ1v) is 4.66. The van der Waals surface area contributed by atoms with Crippen molar-refractivity contribution >= 4 is 11.5 Å². The number of nitrogens with zero attached hydrogens (tertiary/aromatic N) is 2. The molecule has 1 aliphatic carbocycles. The fraction of sp³-hybridized carbons (Fsp3) is 0.556. The van der Waals surface area contributed by atoms with E-state index in [9.17, 15) is 0 Å². The van der Waals surface area contributed by atoms with Gasteiger partial charge in [-0.15, -0.1) is 0 Å². The minimum Gasteiger partial charge on any atom is -0.396 e. The van der Waals surface area contributed by atoms with E-state index in [4.69, 9.17) is 10.8 Å². The predicted molar refractivity (Wildman–Crippen MR) is 53.7 cm³/mol. The molecule has 76 valence electrons. The summed E-state index contributed by atoms with van der Waals surface area (Å²) in [5.41, 5.74) is 6.27. The Labute approximate surface area is 82.4 Å². The Hall–Kier alpha value is -1.36. The summed E-state index contributed by atoms with van der Waals surface area (Å²) >= 11 is 0. The lowest BCUT2D eigenvalue weighted by molar-refractivity contribution is 0.219. The molecule has 0 spiro atoms. The van der Waals surface area contributed by atoms with Gasteiger partial charge in [-0.3, -0.25) is 0 Å². The third-order valence-corrected chi connectivity index (χ3v) is 2.66. The molecule has 0 unspecified atom stereocenters. The van der Waals surface area contributed by atoms with Gasteiger partial charge in [-0.05, 0) is 12.8 Å². The van der Waals surface area contributed by atoms with E-state index in [2.05, 4.69) is 15.3 Å². The Morgan fingerprint density at radius 3 is 2.93 bits per heavy atom. The molecule has 1 saturated carbocycles. The van der Waals surface area contributed by atoms with Gasteiger partial charge in [0.1, 0.15) is 6.33 Å². The van der Waals surface area contributed by atoms with Crippen LogP contribution in [0.25, 0.3) is 0 Å².